The molecule has 0 bridgehead atoms. The van der Waals surface area contributed by atoms with Gasteiger partial charge in [-0.25, -0.2) is 0 Å². The monoisotopic (exact) mass is 290 g/mol. The number of rotatable bonds is 7. The number of hydrogen-bond acceptors (Lipinski definition) is 3. The highest BCUT2D eigenvalue weighted by molar-refractivity contribution is 5.88. The van der Waals surface area contributed by atoms with E-state index in [4.69, 9.17) is 10.5 Å². The zero-order valence-corrected chi connectivity index (χ0v) is 12.7. The fourth-order valence-electron chi connectivity index (χ4n) is 2.88. The van der Waals surface area contributed by atoms with Crippen molar-refractivity contribution in [2.24, 2.45) is 11.1 Å². The summed E-state index contributed by atoms with van der Waals surface area (Å²) in [6.07, 6.45) is 7.69. The Hall–Kier alpha value is -0.320. The lowest BCUT2D eigenvalue weighted by molar-refractivity contribution is -0.123. The Labute approximate surface area is 122 Å². The first kappa shape index (κ1) is 16.7. The van der Waals surface area contributed by atoms with E-state index in [1.54, 1.807) is 0 Å². The number of carbonyl (C=O) groups is 1. The van der Waals surface area contributed by atoms with Gasteiger partial charge in [-0.1, -0.05) is 12.8 Å². The van der Waals surface area contributed by atoms with Gasteiger partial charge in [-0.3, -0.25) is 4.79 Å². The first-order valence-corrected chi connectivity index (χ1v) is 7.25. The third kappa shape index (κ3) is 4.33. The van der Waals surface area contributed by atoms with Crippen LogP contribution in [-0.2, 0) is 9.53 Å². The lowest BCUT2D eigenvalue weighted by atomic mass is 9.83. The van der Waals surface area contributed by atoms with Crippen LogP contribution < -0.4 is 11.1 Å². The van der Waals surface area contributed by atoms with Crippen molar-refractivity contribution in [2.75, 3.05) is 19.8 Å². The maximum Gasteiger partial charge on any atom is 0.240 e. The van der Waals surface area contributed by atoms with Crippen LogP contribution in [0.4, 0.5) is 0 Å². The second-order valence-corrected chi connectivity index (χ2v) is 5.99. The van der Waals surface area contributed by atoms with Crippen molar-refractivity contribution in [1.29, 1.82) is 0 Å². The largest absolute Gasteiger partial charge is 0.382 e. The van der Waals surface area contributed by atoms with E-state index in [1.807, 2.05) is 6.92 Å². The van der Waals surface area contributed by atoms with Gasteiger partial charge in [0.25, 0.3) is 0 Å². The van der Waals surface area contributed by atoms with E-state index in [-0.39, 0.29) is 23.7 Å². The molecule has 2 fully saturated rings. The normalized spacial score (nSPS) is 22.6. The topological polar surface area (TPSA) is 64.3 Å². The van der Waals surface area contributed by atoms with Gasteiger partial charge >= 0.3 is 0 Å². The number of nitrogens with two attached hydrogens (primary N) is 1. The zero-order chi connectivity index (χ0) is 13.1. The van der Waals surface area contributed by atoms with Crippen LogP contribution >= 0.6 is 12.4 Å². The van der Waals surface area contributed by atoms with E-state index in [2.05, 4.69) is 5.32 Å². The first-order valence-electron chi connectivity index (χ1n) is 7.25. The number of amides is 1. The highest BCUT2D eigenvalue weighted by atomic mass is 35.5. The molecule has 0 heterocycles. The number of ether oxygens (including phenoxy) is 1. The standard InChI is InChI=1S/C14H26N2O2.ClH/c1-2-18-10-9-13(5-3-4-6-13)11-16-12(17)14(15)7-8-14;/h2-11,15H2,1H3,(H,16,17);1H. The fraction of sp³-hybridized carbons (Fsp3) is 0.929. The van der Waals surface area contributed by atoms with E-state index < -0.39 is 5.54 Å². The van der Waals surface area contributed by atoms with Crippen LogP contribution in [-0.4, -0.2) is 31.2 Å². The van der Waals surface area contributed by atoms with Crippen molar-refractivity contribution in [3.05, 3.63) is 0 Å². The number of nitrogens with one attached hydrogen (secondary N) is 1. The van der Waals surface area contributed by atoms with Crippen molar-refractivity contribution < 1.29 is 9.53 Å². The summed E-state index contributed by atoms with van der Waals surface area (Å²) in [5, 5.41) is 3.08. The summed E-state index contributed by atoms with van der Waals surface area (Å²) < 4.78 is 5.47. The molecule has 2 aliphatic carbocycles. The smallest absolute Gasteiger partial charge is 0.240 e. The van der Waals surface area contributed by atoms with Crippen LogP contribution in [0.1, 0.15) is 51.9 Å². The second-order valence-electron chi connectivity index (χ2n) is 5.99. The van der Waals surface area contributed by atoms with Crippen LogP contribution in [0.3, 0.4) is 0 Å². The molecule has 0 spiro atoms. The predicted molar refractivity (Wildman–Crippen MR) is 78.4 cm³/mol. The summed E-state index contributed by atoms with van der Waals surface area (Å²) in [7, 11) is 0. The summed E-state index contributed by atoms with van der Waals surface area (Å²) in [6.45, 7) is 4.38. The van der Waals surface area contributed by atoms with E-state index in [1.165, 1.54) is 25.7 Å². The average Bonchev–Trinajstić information content (AvgIpc) is 2.95. The zero-order valence-electron chi connectivity index (χ0n) is 11.9. The van der Waals surface area contributed by atoms with Gasteiger partial charge in [0.1, 0.15) is 0 Å². The highest BCUT2D eigenvalue weighted by Crippen LogP contribution is 2.41. The Morgan fingerprint density at radius 2 is 1.89 bits per heavy atom. The Balaban J connectivity index is 0.00000180. The van der Waals surface area contributed by atoms with Crippen molar-refractivity contribution in [3.8, 4) is 0 Å². The SMILES string of the molecule is CCOCCC1(CNC(=O)C2(N)CC2)CCCC1.Cl. The molecule has 0 saturated heterocycles. The quantitative estimate of drug-likeness (QED) is 0.705. The fourth-order valence-corrected chi connectivity index (χ4v) is 2.88. The number of carbonyl (C=O) groups excluding carboxylic acids is 1. The molecule has 0 aromatic rings. The molecule has 0 aromatic heterocycles. The van der Waals surface area contributed by atoms with Crippen LogP contribution in [0.5, 0.6) is 0 Å². The maximum absolute atomic E-state index is 11.9. The van der Waals surface area contributed by atoms with E-state index in [0.717, 1.165) is 39.0 Å². The summed E-state index contributed by atoms with van der Waals surface area (Å²) >= 11 is 0. The Morgan fingerprint density at radius 1 is 1.26 bits per heavy atom. The molecule has 1 amide bonds. The summed E-state index contributed by atoms with van der Waals surface area (Å²) in [5.74, 6) is 0.0465. The van der Waals surface area contributed by atoms with Crippen LogP contribution in [0.15, 0.2) is 0 Å². The molecule has 112 valence electrons. The van der Waals surface area contributed by atoms with Crippen LogP contribution in [0, 0.1) is 5.41 Å². The van der Waals surface area contributed by atoms with Crippen LogP contribution in [0.25, 0.3) is 0 Å². The molecule has 2 aliphatic rings. The summed E-state index contributed by atoms with van der Waals surface area (Å²) in [6, 6.07) is 0. The molecule has 0 atom stereocenters. The number of hydrogen-bond donors (Lipinski definition) is 2. The Morgan fingerprint density at radius 3 is 2.42 bits per heavy atom. The van der Waals surface area contributed by atoms with Crippen molar-refractivity contribution in [1.82, 2.24) is 5.32 Å². The average molecular weight is 291 g/mol. The minimum Gasteiger partial charge on any atom is -0.382 e. The molecule has 2 rings (SSSR count). The van der Waals surface area contributed by atoms with Crippen LogP contribution in [0.2, 0.25) is 0 Å². The number of halogens is 1. The molecule has 5 heteroatoms. The summed E-state index contributed by atoms with van der Waals surface area (Å²) in [5.41, 5.74) is 5.62. The third-order valence-corrected chi connectivity index (χ3v) is 4.51. The molecule has 3 N–H and O–H groups in total. The maximum atomic E-state index is 11.9. The molecule has 19 heavy (non-hydrogen) atoms. The van der Waals surface area contributed by atoms with Gasteiger partial charge in [0.15, 0.2) is 0 Å². The molecular weight excluding hydrogens is 264 g/mol. The van der Waals surface area contributed by atoms with Crippen molar-refractivity contribution in [3.63, 3.8) is 0 Å². The van der Waals surface area contributed by atoms with Gasteiger partial charge in [0.05, 0.1) is 5.54 Å². The van der Waals surface area contributed by atoms with Gasteiger partial charge in [-0.2, -0.15) is 0 Å². The van der Waals surface area contributed by atoms with Gasteiger partial charge in [0, 0.05) is 19.8 Å². The Bertz CT molecular complexity index is 300. The molecular formula is C14H27ClN2O2. The minimum atomic E-state index is -0.542. The molecule has 2 saturated carbocycles. The lowest BCUT2D eigenvalue weighted by Crippen LogP contribution is -2.46. The highest BCUT2D eigenvalue weighted by Gasteiger charge is 2.46. The summed E-state index contributed by atoms with van der Waals surface area (Å²) in [4.78, 5) is 11.9. The lowest BCUT2D eigenvalue weighted by Gasteiger charge is -2.29. The second kappa shape index (κ2) is 6.91. The first-order chi connectivity index (χ1) is 8.60. The minimum absolute atomic E-state index is 0. The molecule has 0 aliphatic heterocycles. The van der Waals surface area contributed by atoms with E-state index >= 15 is 0 Å². The molecule has 0 aromatic carbocycles. The van der Waals surface area contributed by atoms with Gasteiger partial charge < -0.3 is 15.8 Å². The molecule has 4 nitrogen and oxygen atoms in total. The van der Waals surface area contributed by atoms with Crippen molar-refractivity contribution >= 4 is 18.3 Å². The van der Waals surface area contributed by atoms with E-state index in [9.17, 15) is 4.79 Å². The van der Waals surface area contributed by atoms with E-state index in [0.29, 0.717) is 0 Å². The van der Waals surface area contributed by atoms with Crippen molar-refractivity contribution in [2.45, 2.75) is 57.4 Å². The predicted octanol–water partition coefficient (Wildman–Crippen LogP) is 2.00. The van der Waals surface area contributed by atoms with Gasteiger partial charge in [-0.15, -0.1) is 12.4 Å². The Kier molecular flexibility index (Phi) is 6.09. The van der Waals surface area contributed by atoms with Gasteiger partial charge in [0.2, 0.25) is 5.91 Å². The third-order valence-electron chi connectivity index (χ3n) is 4.51. The molecule has 0 unspecified atom stereocenters. The molecule has 0 radical (unpaired) electrons. The van der Waals surface area contributed by atoms with Gasteiger partial charge in [-0.05, 0) is 44.4 Å².